The number of rotatable bonds is 5. The van der Waals surface area contributed by atoms with Crippen molar-refractivity contribution in [1.82, 2.24) is 0 Å². The van der Waals surface area contributed by atoms with Crippen molar-refractivity contribution in [2.24, 2.45) is 5.92 Å². The first kappa shape index (κ1) is 16.5. The van der Waals surface area contributed by atoms with E-state index in [0.29, 0.717) is 5.25 Å². The first-order chi connectivity index (χ1) is 10.8. The third-order valence-corrected chi connectivity index (χ3v) is 7.21. The van der Waals surface area contributed by atoms with Gasteiger partial charge in [0, 0.05) is 21.4 Å². The van der Waals surface area contributed by atoms with Crippen LogP contribution >= 0.6 is 27.7 Å². The van der Waals surface area contributed by atoms with Gasteiger partial charge < -0.3 is 9.47 Å². The monoisotopic (exact) mass is 384 g/mol. The minimum Gasteiger partial charge on any atom is -0.493 e. The van der Waals surface area contributed by atoms with E-state index in [9.17, 15) is 0 Å². The summed E-state index contributed by atoms with van der Waals surface area (Å²) in [6, 6.07) is 4.34. The van der Waals surface area contributed by atoms with Crippen LogP contribution in [0.5, 0.6) is 11.5 Å². The molecule has 1 heterocycles. The first-order valence-corrected chi connectivity index (χ1v) is 10.3. The van der Waals surface area contributed by atoms with E-state index in [-0.39, 0.29) is 0 Å². The van der Waals surface area contributed by atoms with Gasteiger partial charge in [0.15, 0.2) is 11.5 Å². The molecular formula is C18H25BrO2S. The molecule has 2 unspecified atom stereocenters. The largest absolute Gasteiger partial charge is 0.493 e. The molecule has 122 valence electrons. The van der Waals surface area contributed by atoms with E-state index in [2.05, 4.69) is 39.8 Å². The zero-order chi connectivity index (χ0) is 15.5. The van der Waals surface area contributed by atoms with Crippen LogP contribution in [0.3, 0.4) is 0 Å². The molecule has 0 N–H and O–H groups in total. The SMILES string of the molecule is COc1ccc2c(c1OC)C(CCBr)SC(C1CCCC1)C2. The van der Waals surface area contributed by atoms with Crippen molar-refractivity contribution in [3.05, 3.63) is 23.3 Å². The van der Waals surface area contributed by atoms with Crippen molar-refractivity contribution < 1.29 is 9.47 Å². The van der Waals surface area contributed by atoms with Gasteiger partial charge >= 0.3 is 0 Å². The predicted octanol–water partition coefficient (Wildman–Crippen LogP) is 5.38. The lowest BCUT2D eigenvalue weighted by Crippen LogP contribution is -2.25. The van der Waals surface area contributed by atoms with E-state index in [1.807, 2.05) is 0 Å². The minimum atomic E-state index is 0.513. The summed E-state index contributed by atoms with van der Waals surface area (Å²) < 4.78 is 11.2. The molecule has 0 spiro atoms. The van der Waals surface area contributed by atoms with Crippen LogP contribution in [0.15, 0.2) is 12.1 Å². The molecule has 1 saturated carbocycles. The third-order valence-electron chi connectivity index (χ3n) is 5.05. The Morgan fingerprint density at radius 3 is 2.59 bits per heavy atom. The van der Waals surface area contributed by atoms with E-state index in [1.165, 1.54) is 43.2 Å². The van der Waals surface area contributed by atoms with Crippen LogP contribution < -0.4 is 9.47 Å². The highest BCUT2D eigenvalue weighted by Crippen LogP contribution is 2.53. The van der Waals surface area contributed by atoms with Gasteiger partial charge in [0.25, 0.3) is 0 Å². The summed E-state index contributed by atoms with van der Waals surface area (Å²) in [6.45, 7) is 0. The quantitative estimate of drug-likeness (QED) is 0.634. The molecule has 2 atom stereocenters. The molecule has 1 fully saturated rings. The average molecular weight is 385 g/mol. The van der Waals surface area contributed by atoms with Crippen LogP contribution in [0, 0.1) is 5.92 Å². The minimum absolute atomic E-state index is 0.513. The molecular weight excluding hydrogens is 360 g/mol. The lowest BCUT2D eigenvalue weighted by molar-refractivity contribution is 0.350. The zero-order valence-corrected chi connectivity index (χ0v) is 15.8. The lowest BCUT2D eigenvalue weighted by Gasteiger charge is -2.35. The summed E-state index contributed by atoms with van der Waals surface area (Å²) >= 11 is 5.82. The molecule has 0 aromatic heterocycles. The Kier molecular flexibility index (Phi) is 5.61. The summed E-state index contributed by atoms with van der Waals surface area (Å²) in [5, 5.41) is 2.32. The Labute approximate surface area is 146 Å². The van der Waals surface area contributed by atoms with Crippen LogP contribution in [0.2, 0.25) is 0 Å². The fraction of sp³-hybridized carbons (Fsp3) is 0.667. The Hall–Kier alpha value is -0.350. The number of thioether (sulfide) groups is 1. The maximum Gasteiger partial charge on any atom is 0.165 e. The van der Waals surface area contributed by atoms with Crippen molar-refractivity contribution in [3.63, 3.8) is 0 Å². The summed E-state index contributed by atoms with van der Waals surface area (Å²) in [4.78, 5) is 0. The first-order valence-electron chi connectivity index (χ1n) is 8.23. The van der Waals surface area contributed by atoms with Gasteiger partial charge in [-0.15, -0.1) is 11.8 Å². The molecule has 1 aliphatic heterocycles. The van der Waals surface area contributed by atoms with Crippen LogP contribution in [0.4, 0.5) is 0 Å². The summed E-state index contributed by atoms with van der Waals surface area (Å²) in [7, 11) is 3.48. The summed E-state index contributed by atoms with van der Waals surface area (Å²) in [6.07, 6.45) is 8.00. The summed E-state index contributed by atoms with van der Waals surface area (Å²) in [5.74, 6) is 2.72. The van der Waals surface area contributed by atoms with E-state index in [1.54, 1.807) is 14.2 Å². The van der Waals surface area contributed by atoms with Gasteiger partial charge in [0.05, 0.1) is 14.2 Å². The number of fused-ring (bicyclic) bond motifs is 1. The van der Waals surface area contributed by atoms with E-state index < -0.39 is 0 Å². The molecule has 2 aliphatic rings. The molecule has 4 heteroatoms. The van der Waals surface area contributed by atoms with Crippen molar-refractivity contribution in [2.75, 3.05) is 19.5 Å². The maximum atomic E-state index is 5.72. The van der Waals surface area contributed by atoms with Gasteiger partial charge in [-0.2, -0.15) is 0 Å². The van der Waals surface area contributed by atoms with Gasteiger partial charge in [-0.25, -0.2) is 0 Å². The van der Waals surface area contributed by atoms with Crippen LogP contribution in [0.25, 0.3) is 0 Å². The second kappa shape index (κ2) is 7.48. The van der Waals surface area contributed by atoms with Crippen molar-refractivity contribution in [3.8, 4) is 11.5 Å². The van der Waals surface area contributed by atoms with Crippen molar-refractivity contribution >= 4 is 27.7 Å². The van der Waals surface area contributed by atoms with Gasteiger partial charge in [0.2, 0.25) is 0 Å². The van der Waals surface area contributed by atoms with Gasteiger partial charge in [-0.1, -0.05) is 34.8 Å². The van der Waals surface area contributed by atoms with Crippen molar-refractivity contribution in [1.29, 1.82) is 0 Å². The standard InChI is InChI=1S/C18H25BrO2S/c1-20-14-8-7-13-11-16(12-5-3-4-6-12)22-15(9-10-19)17(13)18(14)21-2/h7-8,12,15-16H,3-6,9-11H2,1-2H3. The Morgan fingerprint density at radius 2 is 1.95 bits per heavy atom. The normalized spacial score (nSPS) is 25.0. The molecule has 0 saturated heterocycles. The number of alkyl halides is 1. The van der Waals surface area contributed by atoms with Crippen LogP contribution in [0.1, 0.15) is 48.5 Å². The Balaban J connectivity index is 1.96. The second-order valence-electron chi connectivity index (χ2n) is 6.26. The number of benzene rings is 1. The molecule has 0 bridgehead atoms. The second-order valence-corrected chi connectivity index (χ2v) is 8.50. The van der Waals surface area contributed by atoms with Crippen molar-refractivity contribution in [2.45, 2.75) is 49.0 Å². The fourth-order valence-electron chi connectivity index (χ4n) is 3.98. The maximum absolute atomic E-state index is 5.72. The van der Waals surface area contributed by atoms with Crippen LogP contribution in [-0.2, 0) is 6.42 Å². The number of hydrogen-bond donors (Lipinski definition) is 0. The topological polar surface area (TPSA) is 18.5 Å². The fourth-order valence-corrected chi connectivity index (χ4v) is 6.59. The molecule has 0 radical (unpaired) electrons. The van der Waals surface area contributed by atoms with E-state index in [0.717, 1.165) is 34.4 Å². The predicted molar refractivity (Wildman–Crippen MR) is 97.7 cm³/mol. The lowest BCUT2D eigenvalue weighted by atomic mass is 9.91. The zero-order valence-electron chi connectivity index (χ0n) is 13.4. The molecule has 3 rings (SSSR count). The molecule has 2 nitrogen and oxygen atoms in total. The molecule has 22 heavy (non-hydrogen) atoms. The van der Waals surface area contributed by atoms with E-state index in [4.69, 9.17) is 9.47 Å². The molecule has 0 amide bonds. The number of hydrogen-bond acceptors (Lipinski definition) is 3. The highest BCUT2D eigenvalue weighted by atomic mass is 79.9. The van der Waals surface area contributed by atoms with E-state index >= 15 is 0 Å². The highest BCUT2D eigenvalue weighted by molar-refractivity contribution is 9.09. The third kappa shape index (κ3) is 3.14. The number of halogens is 1. The average Bonchev–Trinajstić information content (AvgIpc) is 3.08. The number of methoxy groups -OCH3 is 2. The van der Waals surface area contributed by atoms with Gasteiger partial charge in [-0.3, -0.25) is 0 Å². The van der Waals surface area contributed by atoms with Crippen LogP contribution in [-0.4, -0.2) is 24.8 Å². The Bertz CT molecular complexity index is 514. The number of ether oxygens (including phenoxy) is 2. The summed E-state index contributed by atoms with van der Waals surface area (Å²) in [5.41, 5.74) is 2.85. The molecule has 1 aromatic rings. The highest BCUT2D eigenvalue weighted by Gasteiger charge is 2.35. The van der Waals surface area contributed by atoms with Gasteiger partial charge in [-0.05, 0) is 43.2 Å². The smallest absolute Gasteiger partial charge is 0.165 e. The molecule has 1 aliphatic carbocycles. The molecule has 1 aromatic carbocycles. The van der Waals surface area contributed by atoms with Gasteiger partial charge in [0.1, 0.15) is 0 Å². The Morgan fingerprint density at radius 1 is 1.18 bits per heavy atom.